The molecule has 1 unspecified atom stereocenters. The molecule has 2 heteroatoms. The number of aliphatic carboxylic acids is 1. The van der Waals surface area contributed by atoms with E-state index in [0.29, 0.717) is 0 Å². The van der Waals surface area contributed by atoms with Crippen molar-refractivity contribution in [2.45, 2.75) is 12.8 Å². The third-order valence-corrected chi connectivity index (χ3v) is 3.66. The number of hydrogen-bond donors (Lipinski definition) is 1. The predicted octanol–water partition coefficient (Wildman–Crippen LogP) is 4.18. The Morgan fingerprint density at radius 3 is 2.42 bits per heavy atom. The molecular weight excluding hydrogens is 236 g/mol. The van der Waals surface area contributed by atoms with Crippen LogP contribution in [0.5, 0.6) is 0 Å². The minimum absolute atomic E-state index is 0.495. The van der Waals surface area contributed by atoms with Gasteiger partial charge in [0.25, 0.3) is 0 Å². The Labute approximate surface area is 111 Å². The van der Waals surface area contributed by atoms with Crippen LogP contribution in [0.2, 0.25) is 0 Å². The standard InChI is InChI=1S/C17H14O2/c1-11(17(18)19)13-7-4-8-15-14-6-3-2-5-12(14)9-10-16(13)15/h2-11H,1H3,(H,18,19). The van der Waals surface area contributed by atoms with Crippen LogP contribution < -0.4 is 0 Å². The summed E-state index contributed by atoms with van der Waals surface area (Å²) in [6.45, 7) is 1.73. The first-order chi connectivity index (χ1) is 9.18. The van der Waals surface area contributed by atoms with E-state index in [9.17, 15) is 9.90 Å². The summed E-state index contributed by atoms with van der Waals surface area (Å²) in [5.74, 6) is -1.29. The van der Waals surface area contributed by atoms with Gasteiger partial charge in [0, 0.05) is 0 Å². The number of hydrogen-bond acceptors (Lipinski definition) is 1. The highest BCUT2D eigenvalue weighted by Crippen LogP contribution is 2.31. The van der Waals surface area contributed by atoms with Crippen molar-refractivity contribution in [2.24, 2.45) is 0 Å². The Morgan fingerprint density at radius 2 is 1.63 bits per heavy atom. The van der Waals surface area contributed by atoms with E-state index in [4.69, 9.17) is 0 Å². The highest BCUT2D eigenvalue weighted by atomic mass is 16.4. The van der Waals surface area contributed by atoms with Crippen LogP contribution in [0, 0.1) is 0 Å². The van der Waals surface area contributed by atoms with Crippen molar-refractivity contribution in [3.63, 3.8) is 0 Å². The number of carboxylic acid groups (broad SMARTS) is 1. The van der Waals surface area contributed by atoms with Crippen LogP contribution in [0.15, 0.2) is 54.6 Å². The highest BCUT2D eigenvalue weighted by molar-refractivity contribution is 6.09. The van der Waals surface area contributed by atoms with Gasteiger partial charge in [-0.15, -0.1) is 0 Å². The van der Waals surface area contributed by atoms with E-state index in [0.717, 1.165) is 16.3 Å². The molecule has 0 bridgehead atoms. The zero-order chi connectivity index (χ0) is 13.4. The maximum Gasteiger partial charge on any atom is 0.310 e. The summed E-state index contributed by atoms with van der Waals surface area (Å²) in [4.78, 5) is 11.2. The predicted molar refractivity (Wildman–Crippen MR) is 77.5 cm³/mol. The summed E-state index contributed by atoms with van der Waals surface area (Å²) >= 11 is 0. The molecule has 3 rings (SSSR count). The molecule has 0 fully saturated rings. The molecule has 0 spiro atoms. The molecule has 0 aliphatic carbocycles. The quantitative estimate of drug-likeness (QED) is 0.693. The largest absolute Gasteiger partial charge is 0.481 e. The molecule has 0 aromatic heterocycles. The number of fused-ring (bicyclic) bond motifs is 3. The number of rotatable bonds is 2. The normalized spacial score (nSPS) is 12.7. The van der Waals surface area contributed by atoms with E-state index < -0.39 is 11.9 Å². The van der Waals surface area contributed by atoms with Crippen molar-refractivity contribution < 1.29 is 9.90 Å². The number of benzene rings is 3. The second-order valence-corrected chi connectivity index (χ2v) is 4.79. The van der Waals surface area contributed by atoms with Crippen LogP contribution in [0.25, 0.3) is 21.5 Å². The zero-order valence-corrected chi connectivity index (χ0v) is 10.6. The Kier molecular flexibility index (Phi) is 2.71. The number of carboxylic acids is 1. The van der Waals surface area contributed by atoms with Gasteiger partial charge in [-0.3, -0.25) is 4.79 Å². The van der Waals surface area contributed by atoms with E-state index >= 15 is 0 Å². The van der Waals surface area contributed by atoms with Crippen LogP contribution in [0.1, 0.15) is 18.4 Å². The van der Waals surface area contributed by atoms with Crippen LogP contribution in [0.4, 0.5) is 0 Å². The molecule has 0 aliphatic heterocycles. The lowest BCUT2D eigenvalue weighted by atomic mass is 9.92. The van der Waals surface area contributed by atoms with Gasteiger partial charge < -0.3 is 5.11 Å². The Morgan fingerprint density at radius 1 is 0.895 bits per heavy atom. The van der Waals surface area contributed by atoms with Crippen LogP contribution in [0.3, 0.4) is 0 Å². The number of carbonyl (C=O) groups is 1. The Bertz CT molecular complexity index is 774. The molecule has 0 aliphatic rings. The van der Waals surface area contributed by atoms with Gasteiger partial charge in [0.1, 0.15) is 0 Å². The minimum Gasteiger partial charge on any atom is -0.481 e. The molecule has 1 N–H and O–H groups in total. The van der Waals surface area contributed by atoms with Gasteiger partial charge in [0.05, 0.1) is 5.92 Å². The van der Waals surface area contributed by atoms with Crippen LogP contribution in [-0.2, 0) is 4.79 Å². The first-order valence-corrected chi connectivity index (χ1v) is 6.31. The lowest BCUT2D eigenvalue weighted by Crippen LogP contribution is -2.07. The average molecular weight is 250 g/mol. The summed E-state index contributed by atoms with van der Waals surface area (Å²) in [5, 5.41) is 13.7. The monoisotopic (exact) mass is 250 g/mol. The van der Waals surface area contributed by atoms with Crippen molar-refractivity contribution in [1.82, 2.24) is 0 Å². The molecule has 19 heavy (non-hydrogen) atoms. The second-order valence-electron chi connectivity index (χ2n) is 4.79. The van der Waals surface area contributed by atoms with Gasteiger partial charge in [-0.2, -0.15) is 0 Å². The Balaban J connectivity index is 2.38. The van der Waals surface area contributed by atoms with E-state index in [1.165, 1.54) is 10.8 Å². The molecule has 0 amide bonds. The van der Waals surface area contributed by atoms with Crippen molar-refractivity contribution in [1.29, 1.82) is 0 Å². The second kappa shape index (κ2) is 4.39. The minimum atomic E-state index is -0.791. The summed E-state index contributed by atoms with van der Waals surface area (Å²) in [7, 11) is 0. The van der Waals surface area contributed by atoms with Crippen molar-refractivity contribution in [3.8, 4) is 0 Å². The first-order valence-electron chi connectivity index (χ1n) is 6.31. The molecule has 0 radical (unpaired) electrons. The van der Waals surface area contributed by atoms with Gasteiger partial charge in [0.15, 0.2) is 0 Å². The SMILES string of the molecule is CC(C(=O)O)c1cccc2c1ccc1ccccc12. The van der Waals surface area contributed by atoms with E-state index in [-0.39, 0.29) is 0 Å². The van der Waals surface area contributed by atoms with Gasteiger partial charge in [0.2, 0.25) is 0 Å². The molecule has 0 saturated heterocycles. The fraction of sp³-hybridized carbons (Fsp3) is 0.118. The maximum absolute atomic E-state index is 11.2. The average Bonchev–Trinajstić information content (AvgIpc) is 2.45. The fourth-order valence-corrected chi connectivity index (χ4v) is 2.58. The molecule has 2 nitrogen and oxygen atoms in total. The smallest absolute Gasteiger partial charge is 0.310 e. The van der Waals surface area contributed by atoms with Crippen molar-refractivity contribution >= 4 is 27.5 Å². The third kappa shape index (κ3) is 1.85. The van der Waals surface area contributed by atoms with Crippen molar-refractivity contribution in [3.05, 3.63) is 60.2 Å². The molecular formula is C17H14O2. The molecule has 94 valence electrons. The zero-order valence-electron chi connectivity index (χ0n) is 10.6. The maximum atomic E-state index is 11.2. The van der Waals surface area contributed by atoms with Gasteiger partial charge in [-0.05, 0) is 34.0 Å². The summed E-state index contributed by atoms with van der Waals surface area (Å²) in [6, 6.07) is 18.1. The topological polar surface area (TPSA) is 37.3 Å². The van der Waals surface area contributed by atoms with Gasteiger partial charge >= 0.3 is 5.97 Å². The fourth-order valence-electron chi connectivity index (χ4n) is 2.58. The van der Waals surface area contributed by atoms with Crippen LogP contribution in [-0.4, -0.2) is 11.1 Å². The molecule has 1 atom stereocenters. The van der Waals surface area contributed by atoms with Gasteiger partial charge in [-0.1, -0.05) is 54.6 Å². The molecule has 0 saturated carbocycles. The van der Waals surface area contributed by atoms with E-state index in [1.807, 2.05) is 30.3 Å². The Hall–Kier alpha value is -2.35. The molecule has 0 heterocycles. The van der Waals surface area contributed by atoms with Crippen molar-refractivity contribution in [2.75, 3.05) is 0 Å². The summed E-state index contributed by atoms with van der Waals surface area (Å²) in [6.07, 6.45) is 0. The molecule has 3 aromatic carbocycles. The third-order valence-electron chi connectivity index (χ3n) is 3.66. The lowest BCUT2D eigenvalue weighted by molar-refractivity contribution is -0.138. The molecule has 3 aromatic rings. The highest BCUT2D eigenvalue weighted by Gasteiger charge is 2.16. The van der Waals surface area contributed by atoms with Gasteiger partial charge in [-0.25, -0.2) is 0 Å². The van der Waals surface area contributed by atoms with E-state index in [2.05, 4.69) is 24.3 Å². The summed E-state index contributed by atoms with van der Waals surface area (Å²) in [5.41, 5.74) is 0.871. The van der Waals surface area contributed by atoms with E-state index in [1.54, 1.807) is 6.92 Å². The summed E-state index contributed by atoms with van der Waals surface area (Å²) < 4.78 is 0. The lowest BCUT2D eigenvalue weighted by Gasteiger charge is -2.12. The first kappa shape index (κ1) is 11.7. The van der Waals surface area contributed by atoms with Crippen LogP contribution >= 0.6 is 0 Å².